The van der Waals surface area contributed by atoms with E-state index >= 15 is 0 Å². The zero-order chi connectivity index (χ0) is 26.4. The van der Waals surface area contributed by atoms with Crippen molar-refractivity contribution in [2.75, 3.05) is 0 Å². The maximum atomic E-state index is 12.4. The fraction of sp³-hybridized carbons (Fsp3) is 0.765. The number of hydrogen-bond donors (Lipinski definition) is 0. The standard InChI is InChI=1S/C34H59O2/c1-3-5-7-9-11-13-15-17-19-20-22-24-26-28-30-33(32-35)34(36)31-29-27-25-23-21-18-16-14-12-10-8-6-4-2/h5,7,11,13,17,19,33H,3-4,6,8-10,12,14-16,18,20-31H2,1-2H3. The Hall–Kier alpha value is -1.44. The predicted octanol–water partition coefficient (Wildman–Crippen LogP) is 11.0. The summed E-state index contributed by atoms with van der Waals surface area (Å²) < 4.78 is 0. The summed E-state index contributed by atoms with van der Waals surface area (Å²) in [6, 6.07) is 0. The van der Waals surface area contributed by atoms with Gasteiger partial charge in [0.1, 0.15) is 5.78 Å². The highest BCUT2D eigenvalue weighted by atomic mass is 16.1. The van der Waals surface area contributed by atoms with Crippen LogP contribution in [-0.4, -0.2) is 12.1 Å². The first kappa shape index (κ1) is 34.6. The highest BCUT2D eigenvalue weighted by Crippen LogP contribution is 2.16. The van der Waals surface area contributed by atoms with Crippen molar-refractivity contribution in [1.82, 2.24) is 0 Å². The Morgan fingerprint density at radius 3 is 1.61 bits per heavy atom. The van der Waals surface area contributed by atoms with E-state index in [9.17, 15) is 9.59 Å². The molecule has 0 saturated heterocycles. The molecule has 0 N–H and O–H groups in total. The van der Waals surface area contributed by atoms with E-state index in [1.165, 1.54) is 83.5 Å². The van der Waals surface area contributed by atoms with Gasteiger partial charge in [-0.2, -0.15) is 0 Å². The topological polar surface area (TPSA) is 34.1 Å². The first-order valence-electron chi connectivity index (χ1n) is 15.6. The molecule has 0 spiro atoms. The minimum Gasteiger partial charge on any atom is -0.299 e. The second-order valence-electron chi connectivity index (χ2n) is 10.4. The lowest BCUT2D eigenvalue weighted by Gasteiger charge is -2.08. The van der Waals surface area contributed by atoms with Crippen LogP contribution in [0, 0.1) is 5.92 Å². The molecule has 0 bridgehead atoms. The Bertz CT molecular complexity index is 558. The molecule has 1 radical (unpaired) electrons. The molecule has 0 aromatic rings. The van der Waals surface area contributed by atoms with E-state index in [-0.39, 0.29) is 5.78 Å². The van der Waals surface area contributed by atoms with E-state index in [4.69, 9.17) is 0 Å². The highest BCUT2D eigenvalue weighted by molar-refractivity contribution is 5.93. The number of carbonyl (C=O) groups excluding carboxylic acids is 2. The summed E-state index contributed by atoms with van der Waals surface area (Å²) in [6.45, 7) is 4.43. The SMILES string of the molecule is CCC=CCC=CCC=CCCCCCCC([C]=O)C(=O)CCCCCCCCCCCCCCC. The van der Waals surface area contributed by atoms with Crippen molar-refractivity contribution in [2.24, 2.45) is 5.92 Å². The van der Waals surface area contributed by atoms with Crippen LogP contribution in [0.15, 0.2) is 36.5 Å². The zero-order valence-electron chi connectivity index (χ0n) is 24.1. The number of ketones is 1. The Kier molecular flexibility index (Phi) is 28.6. The van der Waals surface area contributed by atoms with Gasteiger partial charge in [0.2, 0.25) is 6.29 Å². The number of allylic oxidation sites excluding steroid dienone is 6. The molecule has 0 aliphatic heterocycles. The van der Waals surface area contributed by atoms with Gasteiger partial charge in [-0.3, -0.25) is 9.59 Å². The largest absolute Gasteiger partial charge is 0.299 e. The Balaban J connectivity index is 3.54. The molecular formula is C34H59O2. The third kappa shape index (κ3) is 25.6. The Morgan fingerprint density at radius 2 is 1.06 bits per heavy atom. The number of unbranched alkanes of at least 4 members (excludes halogenated alkanes) is 16. The molecule has 36 heavy (non-hydrogen) atoms. The van der Waals surface area contributed by atoms with Crippen LogP contribution in [0.2, 0.25) is 0 Å². The molecule has 207 valence electrons. The second kappa shape index (κ2) is 29.8. The van der Waals surface area contributed by atoms with Crippen LogP contribution in [0.1, 0.15) is 162 Å². The van der Waals surface area contributed by atoms with Crippen molar-refractivity contribution in [3.05, 3.63) is 36.5 Å². The third-order valence-corrected chi connectivity index (χ3v) is 6.95. The van der Waals surface area contributed by atoms with Crippen LogP contribution in [0.4, 0.5) is 0 Å². The molecule has 0 rings (SSSR count). The van der Waals surface area contributed by atoms with Crippen molar-refractivity contribution in [3.63, 3.8) is 0 Å². The molecule has 0 aromatic heterocycles. The molecule has 0 aliphatic rings. The average Bonchev–Trinajstić information content (AvgIpc) is 2.89. The van der Waals surface area contributed by atoms with Gasteiger partial charge >= 0.3 is 0 Å². The van der Waals surface area contributed by atoms with Crippen molar-refractivity contribution in [2.45, 2.75) is 162 Å². The first-order chi connectivity index (χ1) is 17.8. The number of hydrogen-bond acceptors (Lipinski definition) is 2. The monoisotopic (exact) mass is 499 g/mol. The zero-order valence-corrected chi connectivity index (χ0v) is 24.1. The van der Waals surface area contributed by atoms with E-state index in [2.05, 4.69) is 50.3 Å². The Labute approximate surface area is 225 Å². The molecular weight excluding hydrogens is 440 g/mol. The van der Waals surface area contributed by atoms with Crippen molar-refractivity contribution >= 4 is 12.1 Å². The minimum absolute atomic E-state index is 0.120. The van der Waals surface area contributed by atoms with Crippen LogP contribution in [0.25, 0.3) is 0 Å². The summed E-state index contributed by atoms with van der Waals surface area (Å²) in [5.74, 6) is -0.365. The van der Waals surface area contributed by atoms with E-state index in [1.807, 2.05) is 6.29 Å². The summed E-state index contributed by atoms with van der Waals surface area (Å²) >= 11 is 0. The van der Waals surface area contributed by atoms with Gasteiger partial charge < -0.3 is 0 Å². The van der Waals surface area contributed by atoms with Gasteiger partial charge in [0, 0.05) is 6.42 Å². The van der Waals surface area contributed by atoms with Gasteiger partial charge in [0.15, 0.2) is 0 Å². The Morgan fingerprint density at radius 1 is 0.583 bits per heavy atom. The molecule has 2 heteroatoms. The fourth-order valence-corrected chi connectivity index (χ4v) is 4.57. The van der Waals surface area contributed by atoms with Gasteiger partial charge in [0.05, 0.1) is 5.92 Å². The van der Waals surface area contributed by atoms with Crippen molar-refractivity contribution in [1.29, 1.82) is 0 Å². The second-order valence-corrected chi connectivity index (χ2v) is 10.4. The van der Waals surface area contributed by atoms with Crippen LogP contribution in [0.3, 0.4) is 0 Å². The minimum atomic E-state index is -0.485. The number of Topliss-reactive ketones (excluding diaryl/α,β-unsaturated/α-hetero) is 1. The summed E-state index contributed by atoms with van der Waals surface area (Å²) in [4.78, 5) is 23.6. The summed E-state index contributed by atoms with van der Waals surface area (Å²) in [7, 11) is 0. The van der Waals surface area contributed by atoms with Gasteiger partial charge in [-0.25, -0.2) is 0 Å². The number of carbonyl (C=O) groups is 1. The van der Waals surface area contributed by atoms with Gasteiger partial charge in [-0.1, -0.05) is 147 Å². The highest BCUT2D eigenvalue weighted by Gasteiger charge is 2.17. The van der Waals surface area contributed by atoms with Crippen molar-refractivity contribution < 1.29 is 9.59 Å². The normalized spacial score (nSPS) is 12.8. The van der Waals surface area contributed by atoms with Gasteiger partial charge in [-0.15, -0.1) is 0 Å². The summed E-state index contributed by atoms with van der Waals surface area (Å²) in [5, 5.41) is 0. The van der Waals surface area contributed by atoms with Crippen LogP contribution in [-0.2, 0) is 9.59 Å². The third-order valence-electron chi connectivity index (χ3n) is 6.95. The molecule has 1 atom stereocenters. The van der Waals surface area contributed by atoms with Crippen LogP contribution < -0.4 is 0 Å². The smallest absolute Gasteiger partial charge is 0.209 e. The van der Waals surface area contributed by atoms with Crippen LogP contribution >= 0.6 is 0 Å². The lowest BCUT2D eigenvalue weighted by Crippen LogP contribution is -2.15. The lowest BCUT2D eigenvalue weighted by atomic mass is 9.94. The molecule has 2 nitrogen and oxygen atoms in total. The predicted molar refractivity (Wildman–Crippen MR) is 159 cm³/mol. The van der Waals surface area contributed by atoms with E-state index < -0.39 is 5.92 Å². The van der Waals surface area contributed by atoms with Gasteiger partial charge in [-0.05, 0) is 44.9 Å². The van der Waals surface area contributed by atoms with Crippen LogP contribution in [0.5, 0.6) is 0 Å². The molecule has 0 heterocycles. The van der Waals surface area contributed by atoms with E-state index in [1.54, 1.807) is 0 Å². The maximum Gasteiger partial charge on any atom is 0.209 e. The molecule has 0 aromatic carbocycles. The maximum absolute atomic E-state index is 12.4. The molecule has 0 saturated carbocycles. The molecule has 0 fully saturated rings. The van der Waals surface area contributed by atoms with E-state index in [0.29, 0.717) is 12.8 Å². The molecule has 0 amide bonds. The lowest BCUT2D eigenvalue weighted by molar-refractivity contribution is -0.121. The number of rotatable bonds is 28. The van der Waals surface area contributed by atoms with Crippen molar-refractivity contribution in [3.8, 4) is 0 Å². The van der Waals surface area contributed by atoms with Gasteiger partial charge in [0.25, 0.3) is 0 Å². The first-order valence-corrected chi connectivity index (χ1v) is 15.6. The summed E-state index contributed by atoms with van der Waals surface area (Å²) in [6.07, 6.45) is 42.3. The average molecular weight is 500 g/mol. The summed E-state index contributed by atoms with van der Waals surface area (Å²) in [5.41, 5.74) is 0. The van der Waals surface area contributed by atoms with E-state index in [0.717, 1.165) is 51.4 Å². The molecule has 0 aliphatic carbocycles. The molecule has 1 unspecified atom stereocenters. The quantitative estimate of drug-likeness (QED) is 0.0609. The fourth-order valence-electron chi connectivity index (χ4n) is 4.57.